The number of benzene rings is 2. The van der Waals surface area contributed by atoms with Crippen LogP contribution in [0.5, 0.6) is 5.75 Å². The van der Waals surface area contributed by atoms with Crippen molar-refractivity contribution in [1.82, 2.24) is 5.32 Å². The zero-order valence-corrected chi connectivity index (χ0v) is 18.0. The summed E-state index contributed by atoms with van der Waals surface area (Å²) in [6, 6.07) is 8.81. The Balaban J connectivity index is 1.76. The third-order valence-corrected chi connectivity index (χ3v) is 4.66. The smallest absolute Gasteiger partial charge is 0.226 e. The molecule has 0 aliphatic rings. The molecule has 0 radical (unpaired) electrons. The topological polar surface area (TPSA) is 50.4 Å². The van der Waals surface area contributed by atoms with E-state index in [1.807, 2.05) is 26.0 Å². The molecule has 0 atom stereocenters. The summed E-state index contributed by atoms with van der Waals surface area (Å²) in [5, 5.41) is 7.34. The number of anilines is 1. The van der Waals surface area contributed by atoms with E-state index in [4.69, 9.17) is 51.8 Å². The number of halogens is 3. The Morgan fingerprint density at radius 1 is 1.11 bits per heavy atom. The number of nitrogens with one attached hydrogen (secondary N) is 2. The molecule has 0 bridgehead atoms. The highest BCUT2D eigenvalue weighted by atomic mass is 35.5. The van der Waals surface area contributed by atoms with Crippen LogP contribution in [-0.4, -0.2) is 17.6 Å². The van der Waals surface area contributed by atoms with E-state index in [-0.39, 0.29) is 17.4 Å². The lowest BCUT2D eigenvalue weighted by Gasteiger charge is -2.14. The van der Waals surface area contributed by atoms with Crippen LogP contribution in [0.4, 0.5) is 5.69 Å². The average molecular weight is 446 g/mol. The van der Waals surface area contributed by atoms with Crippen LogP contribution in [0.1, 0.15) is 24.0 Å². The van der Waals surface area contributed by atoms with Crippen molar-refractivity contribution in [3.05, 3.63) is 56.5 Å². The van der Waals surface area contributed by atoms with Crippen LogP contribution >= 0.6 is 47.0 Å². The monoisotopic (exact) mass is 444 g/mol. The number of rotatable bonds is 6. The molecule has 1 amide bonds. The molecule has 27 heavy (non-hydrogen) atoms. The molecule has 0 fully saturated rings. The van der Waals surface area contributed by atoms with E-state index < -0.39 is 0 Å². The second-order valence-corrected chi connectivity index (χ2v) is 7.63. The molecule has 0 saturated carbocycles. The van der Waals surface area contributed by atoms with Gasteiger partial charge >= 0.3 is 0 Å². The van der Waals surface area contributed by atoms with E-state index in [0.29, 0.717) is 39.5 Å². The number of amides is 1. The lowest BCUT2D eigenvalue weighted by Crippen LogP contribution is -2.34. The first-order valence-corrected chi connectivity index (χ1v) is 9.76. The van der Waals surface area contributed by atoms with Crippen molar-refractivity contribution in [2.75, 3.05) is 11.9 Å². The van der Waals surface area contributed by atoms with Gasteiger partial charge in [0.2, 0.25) is 5.91 Å². The van der Waals surface area contributed by atoms with E-state index in [1.165, 1.54) is 0 Å². The number of carbonyl (C=O) groups excluding carboxylic acids is 1. The average Bonchev–Trinajstić information content (AvgIpc) is 2.56. The van der Waals surface area contributed by atoms with Gasteiger partial charge in [0.05, 0.1) is 22.3 Å². The lowest BCUT2D eigenvalue weighted by atomic mass is 10.1. The molecule has 0 aliphatic heterocycles. The van der Waals surface area contributed by atoms with Gasteiger partial charge in [-0.15, -0.1) is 0 Å². The highest BCUT2D eigenvalue weighted by molar-refractivity contribution is 7.80. The first-order chi connectivity index (χ1) is 12.8. The van der Waals surface area contributed by atoms with E-state index in [9.17, 15) is 4.79 Å². The van der Waals surface area contributed by atoms with Gasteiger partial charge in [-0.1, -0.05) is 40.9 Å². The third kappa shape index (κ3) is 6.85. The molecule has 0 heterocycles. The highest BCUT2D eigenvalue weighted by Gasteiger charge is 2.10. The first kappa shape index (κ1) is 21.8. The molecular weight excluding hydrogens is 427 g/mol. The predicted octanol–water partition coefficient (Wildman–Crippen LogP) is 5.94. The molecule has 0 aliphatic carbocycles. The minimum absolute atomic E-state index is 0.204. The molecule has 0 spiro atoms. The van der Waals surface area contributed by atoms with Crippen LogP contribution in [-0.2, 0) is 4.79 Å². The maximum absolute atomic E-state index is 12.0. The standard InChI is InChI=1S/C19H19Cl3N2O2S/c1-11-8-12(2)18(15(22)9-11)24-19(27)23-17(25)4-3-7-26-16-6-5-13(20)10-14(16)21/h5-6,8-10H,3-4,7H2,1-2H3,(H2,23,24,25,27). The molecule has 0 aromatic heterocycles. The van der Waals surface area contributed by atoms with Crippen LogP contribution in [0.3, 0.4) is 0 Å². The van der Waals surface area contributed by atoms with Crippen molar-refractivity contribution < 1.29 is 9.53 Å². The van der Waals surface area contributed by atoms with Crippen molar-refractivity contribution in [1.29, 1.82) is 0 Å². The van der Waals surface area contributed by atoms with Crippen LogP contribution in [0.25, 0.3) is 0 Å². The van der Waals surface area contributed by atoms with Gasteiger partial charge in [0, 0.05) is 11.4 Å². The Labute approximate surface area is 179 Å². The molecular formula is C19H19Cl3N2O2S. The number of carbonyl (C=O) groups is 1. The maximum atomic E-state index is 12.0. The zero-order valence-electron chi connectivity index (χ0n) is 14.9. The summed E-state index contributed by atoms with van der Waals surface area (Å²) < 4.78 is 5.55. The first-order valence-electron chi connectivity index (χ1n) is 8.21. The Kier molecular flexibility index (Phi) is 8.17. The van der Waals surface area contributed by atoms with Gasteiger partial charge in [-0.05, 0) is 67.9 Å². The molecule has 8 heteroatoms. The number of hydrogen-bond acceptors (Lipinski definition) is 3. The maximum Gasteiger partial charge on any atom is 0.226 e. The van der Waals surface area contributed by atoms with E-state index >= 15 is 0 Å². The Hall–Kier alpha value is -1.53. The Morgan fingerprint density at radius 2 is 1.85 bits per heavy atom. The molecule has 144 valence electrons. The SMILES string of the molecule is Cc1cc(C)c(NC(=S)NC(=O)CCCOc2ccc(Cl)cc2Cl)c(Cl)c1. The quantitative estimate of drug-likeness (QED) is 0.427. The fourth-order valence-electron chi connectivity index (χ4n) is 2.42. The van der Waals surface area contributed by atoms with Gasteiger partial charge in [-0.25, -0.2) is 0 Å². The van der Waals surface area contributed by atoms with Crippen molar-refractivity contribution in [3.8, 4) is 5.75 Å². The summed E-state index contributed by atoms with van der Waals surface area (Å²) in [4.78, 5) is 12.0. The van der Waals surface area contributed by atoms with Gasteiger partial charge in [-0.3, -0.25) is 4.79 Å². The van der Waals surface area contributed by atoms with Crippen LogP contribution in [0.15, 0.2) is 30.3 Å². The zero-order chi connectivity index (χ0) is 20.0. The summed E-state index contributed by atoms with van der Waals surface area (Å²) >= 11 is 23.3. The third-order valence-electron chi connectivity index (χ3n) is 3.62. The molecule has 4 nitrogen and oxygen atoms in total. The van der Waals surface area contributed by atoms with Gasteiger partial charge in [0.25, 0.3) is 0 Å². The van der Waals surface area contributed by atoms with Crippen molar-refractivity contribution in [3.63, 3.8) is 0 Å². The fraction of sp³-hybridized carbons (Fsp3) is 0.263. The van der Waals surface area contributed by atoms with Crippen LogP contribution in [0, 0.1) is 13.8 Å². The molecule has 2 rings (SSSR count). The minimum Gasteiger partial charge on any atom is -0.492 e. The van der Waals surface area contributed by atoms with Crippen molar-refractivity contribution in [2.45, 2.75) is 26.7 Å². The van der Waals surface area contributed by atoms with Gasteiger partial charge in [0.15, 0.2) is 5.11 Å². The Morgan fingerprint density at radius 3 is 2.52 bits per heavy atom. The molecule has 2 aromatic rings. The number of ether oxygens (including phenoxy) is 1. The summed E-state index contributed by atoms with van der Waals surface area (Å²) in [5.41, 5.74) is 2.69. The number of thiocarbonyl (C=S) groups is 1. The molecule has 0 unspecified atom stereocenters. The molecule has 2 N–H and O–H groups in total. The minimum atomic E-state index is -0.209. The second kappa shape index (κ2) is 10.1. The van der Waals surface area contributed by atoms with Gasteiger partial charge in [-0.2, -0.15) is 0 Å². The predicted molar refractivity (Wildman–Crippen MR) is 116 cm³/mol. The second-order valence-electron chi connectivity index (χ2n) is 5.97. The Bertz CT molecular complexity index is 836. The fourth-order valence-corrected chi connectivity index (χ4v) is 3.46. The van der Waals surface area contributed by atoms with E-state index in [0.717, 1.165) is 11.1 Å². The summed E-state index contributed by atoms with van der Waals surface area (Å²) in [7, 11) is 0. The normalized spacial score (nSPS) is 10.4. The molecule has 2 aromatic carbocycles. The molecule has 0 saturated heterocycles. The highest BCUT2D eigenvalue weighted by Crippen LogP contribution is 2.28. The van der Waals surface area contributed by atoms with E-state index in [2.05, 4.69) is 10.6 Å². The van der Waals surface area contributed by atoms with Crippen molar-refractivity contribution in [2.24, 2.45) is 0 Å². The summed E-state index contributed by atoms with van der Waals surface area (Å²) in [6.45, 7) is 4.23. The summed E-state index contributed by atoms with van der Waals surface area (Å²) in [5.74, 6) is 0.322. The largest absolute Gasteiger partial charge is 0.492 e. The van der Waals surface area contributed by atoms with Gasteiger partial charge < -0.3 is 15.4 Å². The van der Waals surface area contributed by atoms with Crippen molar-refractivity contribution >= 4 is 63.7 Å². The lowest BCUT2D eigenvalue weighted by molar-refractivity contribution is -0.119. The van der Waals surface area contributed by atoms with Crippen LogP contribution < -0.4 is 15.4 Å². The van der Waals surface area contributed by atoms with Gasteiger partial charge in [0.1, 0.15) is 5.75 Å². The number of hydrogen-bond donors (Lipinski definition) is 2. The van der Waals surface area contributed by atoms with Crippen LogP contribution in [0.2, 0.25) is 15.1 Å². The number of aryl methyl sites for hydroxylation is 2. The summed E-state index contributed by atoms with van der Waals surface area (Å²) in [6.07, 6.45) is 0.769. The van der Waals surface area contributed by atoms with E-state index in [1.54, 1.807) is 18.2 Å².